The number of aromatic nitrogens is 6. The van der Waals surface area contributed by atoms with E-state index in [-0.39, 0.29) is 12.2 Å². The standard InChI is InChI=1S/C14H11F2IN6O/c1-23-10(7-24-12-5-4-11(17)19-20-12)13(21-22-23)9-3-2-8(6-18-9)14(15)16/h2-6,14H,7H2,1H3. The molecule has 7 nitrogen and oxygen atoms in total. The zero-order valence-corrected chi connectivity index (χ0v) is 14.6. The Kier molecular flexibility index (Phi) is 4.92. The Morgan fingerprint density at radius 2 is 2.00 bits per heavy atom. The monoisotopic (exact) mass is 444 g/mol. The van der Waals surface area contributed by atoms with Gasteiger partial charge >= 0.3 is 0 Å². The van der Waals surface area contributed by atoms with Gasteiger partial charge < -0.3 is 4.74 Å². The number of pyridine rings is 1. The van der Waals surface area contributed by atoms with Gasteiger partial charge in [-0.25, -0.2) is 13.5 Å². The molecule has 0 spiro atoms. The molecule has 24 heavy (non-hydrogen) atoms. The van der Waals surface area contributed by atoms with Crippen molar-refractivity contribution in [1.82, 2.24) is 30.2 Å². The Balaban J connectivity index is 1.81. The molecule has 0 unspecified atom stereocenters. The second-order valence-corrected chi connectivity index (χ2v) is 5.87. The van der Waals surface area contributed by atoms with Crippen LogP contribution in [0.1, 0.15) is 17.7 Å². The molecule has 124 valence electrons. The van der Waals surface area contributed by atoms with Crippen molar-refractivity contribution in [2.45, 2.75) is 13.0 Å². The van der Waals surface area contributed by atoms with Crippen LogP contribution < -0.4 is 4.74 Å². The number of halogens is 3. The summed E-state index contributed by atoms with van der Waals surface area (Å²) in [6.07, 6.45) is -1.43. The lowest BCUT2D eigenvalue weighted by Crippen LogP contribution is -2.06. The van der Waals surface area contributed by atoms with Crippen molar-refractivity contribution >= 4 is 22.6 Å². The molecule has 0 saturated carbocycles. The molecule has 0 atom stereocenters. The molecule has 3 aromatic heterocycles. The fourth-order valence-corrected chi connectivity index (χ4v) is 2.22. The summed E-state index contributed by atoms with van der Waals surface area (Å²) in [4.78, 5) is 4.03. The molecule has 0 aliphatic rings. The van der Waals surface area contributed by atoms with E-state index >= 15 is 0 Å². The van der Waals surface area contributed by atoms with Crippen molar-refractivity contribution < 1.29 is 13.5 Å². The molecule has 0 bridgehead atoms. The predicted molar refractivity (Wildman–Crippen MR) is 88.3 cm³/mol. The summed E-state index contributed by atoms with van der Waals surface area (Å²) >= 11 is 2.05. The number of ether oxygens (including phenoxy) is 1. The minimum absolute atomic E-state index is 0.144. The zero-order valence-electron chi connectivity index (χ0n) is 12.4. The lowest BCUT2D eigenvalue weighted by Gasteiger charge is -2.07. The van der Waals surface area contributed by atoms with E-state index < -0.39 is 6.43 Å². The van der Waals surface area contributed by atoms with Gasteiger partial charge in [0.1, 0.15) is 21.7 Å². The second-order valence-electron chi connectivity index (χ2n) is 4.77. The quantitative estimate of drug-likeness (QED) is 0.564. The molecule has 3 rings (SSSR count). The van der Waals surface area contributed by atoms with Crippen LogP contribution in [0.3, 0.4) is 0 Å². The summed E-state index contributed by atoms with van der Waals surface area (Å²) in [5.41, 5.74) is 1.42. The molecule has 0 aliphatic carbocycles. The topological polar surface area (TPSA) is 78.6 Å². The van der Waals surface area contributed by atoms with Gasteiger partial charge in [0, 0.05) is 24.9 Å². The van der Waals surface area contributed by atoms with Gasteiger partial charge in [-0.1, -0.05) is 5.21 Å². The number of hydrogen-bond donors (Lipinski definition) is 0. The van der Waals surface area contributed by atoms with Crippen LogP contribution in [0.25, 0.3) is 11.4 Å². The number of nitrogens with zero attached hydrogens (tertiary/aromatic N) is 6. The third-order valence-corrected chi connectivity index (χ3v) is 3.76. The van der Waals surface area contributed by atoms with Gasteiger partial charge in [0.05, 0.1) is 5.69 Å². The second kappa shape index (κ2) is 7.11. The van der Waals surface area contributed by atoms with Crippen molar-refractivity contribution in [2.75, 3.05) is 0 Å². The first-order valence-corrected chi connectivity index (χ1v) is 7.87. The highest BCUT2D eigenvalue weighted by atomic mass is 127. The van der Waals surface area contributed by atoms with Crippen molar-refractivity contribution in [3.05, 3.63) is 45.4 Å². The highest BCUT2D eigenvalue weighted by molar-refractivity contribution is 14.1. The van der Waals surface area contributed by atoms with E-state index in [0.717, 1.165) is 9.90 Å². The fourth-order valence-electron chi connectivity index (χ4n) is 1.94. The van der Waals surface area contributed by atoms with Crippen LogP contribution in [0.5, 0.6) is 5.88 Å². The van der Waals surface area contributed by atoms with Gasteiger partial charge in [-0.15, -0.1) is 15.3 Å². The van der Waals surface area contributed by atoms with Gasteiger partial charge in [-0.05, 0) is 40.8 Å². The molecule has 0 aromatic carbocycles. The van der Waals surface area contributed by atoms with Crippen LogP contribution in [0.4, 0.5) is 8.78 Å². The van der Waals surface area contributed by atoms with Crippen LogP contribution >= 0.6 is 22.6 Å². The van der Waals surface area contributed by atoms with Gasteiger partial charge in [0.2, 0.25) is 5.88 Å². The molecule has 3 heterocycles. The molecule has 0 aliphatic heterocycles. The van der Waals surface area contributed by atoms with E-state index in [4.69, 9.17) is 4.74 Å². The van der Waals surface area contributed by atoms with Crippen LogP contribution in [0, 0.1) is 3.70 Å². The first kappa shape index (κ1) is 16.6. The highest BCUT2D eigenvalue weighted by Crippen LogP contribution is 2.23. The molecule has 0 saturated heterocycles. The van der Waals surface area contributed by atoms with Crippen molar-refractivity contribution in [2.24, 2.45) is 7.05 Å². The summed E-state index contributed by atoms with van der Waals surface area (Å²) in [5.74, 6) is 0.364. The Labute approximate surface area is 149 Å². The number of rotatable bonds is 5. The van der Waals surface area contributed by atoms with Gasteiger partial charge in [0.15, 0.2) is 0 Å². The van der Waals surface area contributed by atoms with Crippen LogP contribution in [0.2, 0.25) is 0 Å². The summed E-state index contributed by atoms with van der Waals surface area (Å²) < 4.78 is 33.1. The summed E-state index contributed by atoms with van der Waals surface area (Å²) in [7, 11) is 1.71. The molecule has 0 N–H and O–H groups in total. The number of alkyl halides is 2. The molecular formula is C14H11F2IN6O. The summed E-state index contributed by atoms with van der Waals surface area (Å²) in [6, 6.07) is 6.28. The van der Waals surface area contributed by atoms with Gasteiger partial charge in [-0.3, -0.25) is 4.98 Å². The van der Waals surface area contributed by atoms with Crippen LogP contribution in [-0.4, -0.2) is 30.2 Å². The average molecular weight is 444 g/mol. The van der Waals surface area contributed by atoms with Gasteiger partial charge in [-0.2, -0.15) is 0 Å². The molecule has 3 aromatic rings. The summed E-state index contributed by atoms with van der Waals surface area (Å²) in [5, 5.41) is 15.8. The smallest absolute Gasteiger partial charge is 0.265 e. The molecule has 10 heteroatoms. The lowest BCUT2D eigenvalue weighted by molar-refractivity contribution is 0.151. The molecule has 0 fully saturated rings. The van der Waals surface area contributed by atoms with Crippen LogP contribution in [0.15, 0.2) is 30.5 Å². The SMILES string of the molecule is Cn1nnc(-c2ccc(C(F)F)cn2)c1COc1ccc(I)nn1. The van der Waals surface area contributed by atoms with Crippen LogP contribution in [-0.2, 0) is 13.7 Å². The third kappa shape index (κ3) is 3.63. The van der Waals surface area contributed by atoms with E-state index in [9.17, 15) is 8.78 Å². The number of aryl methyl sites for hydroxylation is 1. The van der Waals surface area contributed by atoms with E-state index in [1.54, 1.807) is 19.2 Å². The lowest BCUT2D eigenvalue weighted by atomic mass is 10.2. The first-order valence-electron chi connectivity index (χ1n) is 6.79. The van der Waals surface area contributed by atoms with Crippen molar-refractivity contribution in [1.29, 1.82) is 0 Å². The third-order valence-electron chi connectivity index (χ3n) is 3.19. The Morgan fingerprint density at radius 3 is 2.62 bits per heavy atom. The maximum absolute atomic E-state index is 12.6. The van der Waals surface area contributed by atoms with E-state index in [1.807, 2.05) is 22.6 Å². The van der Waals surface area contributed by atoms with E-state index in [2.05, 4.69) is 25.5 Å². The molecule has 0 radical (unpaired) electrons. The minimum atomic E-state index is -2.56. The number of hydrogen-bond acceptors (Lipinski definition) is 6. The minimum Gasteiger partial charge on any atom is -0.470 e. The Hall–Kier alpha value is -2.24. The largest absolute Gasteiger partial charge is 0.470 e. The van der Waals surface area contributed by atoms with E-state index in [1.165, 1.54) is 16.8 Å². The molecule has 0 amide bonds. The van der Waals surface area contributed by atoms with Gasteiger partial charge in [0.25, 0.3) is 6.43 Å². The normalized spacial score (nSPS) is 11.0. The van der Waals surface area contributed by atoms with Crippen molar-refractivity contribution in [3.8, 4) is 17.3 Å². The van der Waals surface area contributed by atoms with Crippen molar-refractivity contribution in [3.63, 3.8) is 0 Å². The first-order chi connectivity index (χ1) is 11.5. The highest BCUT2D eigenvalue weighted by Gasteiger charge is 2.16. The maximum Gasteiger partial charge on any atom is 0.265 e. The summed E-state index contributed by atoms with van der Waals surface area (Å²) in [6.45, 7) is 0.145. The van der Waals surface area contributed by atoms with E-state index in [0.29, 0.717) is 23.0 Å². The zero-order chi connectivity index (χ0) is 17.1. The molecular weight excluding hydrogens is 433 g/mol. The Morgan fingerprint density at radius 1 is 1.17 bits per heavy atom. The Bertz CT molecular complexity index is 822. The fraction of sp³-hybridized carbons (Fsp3) is 0.214. The average Bonchev–Trinajstić information content (AvgIpc) is 2.95. The predicted octanol–water partition coefficient (Wildman–Crippen LogP) is 2.79. The maximum atomic E-state index is 12.6.